The predicted molar refractivity (Wildman–Crippen MR) is 113 cm³/mol. The fourth-order valence-electron chi connectivity index (χ4n) is 2.54. The van der Waals surface area contributed by atoms with Gasteiger partial charge in [0.1, 0.15) is 0 Å². The summed E-state index contributed by atoms with van der Waals surface area (Å²) >= 11 is 8.04. The molecule has 1 aliphatic rings. The van der Waals surface area contributed by atoms with Crippen LogP contribution in [0.5, 0.6) is 11.5 Å². The summed E-state index contributed by atoms with van der Waals surface area (Å²) in [7, 11) is 1.52. The Balaban J connectivity index is 1.97. The van der Waals surface area contributed by atoms with Gasteiger partial charge in [0.15, 0.2) is 28.8 Å². The smallest absolute Gasteiger partial charge is 0.363 e. The summed E-state index contributed by atoms with van der Waals surface area (Å²) < 4.78 is 43.8. The van der Waals surface area contributed by atoms with Crippen LogP contribution in [0.4, 0.5) is 8.78 Å². The third kappa shape index (κ3) is 4.69. The van der Waals surface area contributed by atoms with Gasteiger partial charge in [0.2, 0.25) is 5.90 Å². The third-order valence-electron chi connectivity index (χ3n) is 3.87. The third-order valence-corrected chi connectivity index (χ3v) is 4.98. The van der Waals surface area contributed by atoms with E-state index in [1.54, 1.807) is 12.1 Å². The Hall–Kier alpha value is -2.20. The van der Waals surface area contributed by atoms with Crippen LogP contribution in [0.15, 0.2) is 35.0 Å². The minimum absolute atomic E-state index is 0.0131. The molecule has 9 heteroatoms. The molecule has 0 radical (unpaired) electrons. The lowest BCUT2D eigenvalue weighted by Gasteiger charge is -2.13. The summed E-state index contributed by atoms with van der Waals surface area (Å²) in [6, 6.07) is 5.13. The summed E-state index contributed by atoms with van der Waals surface area (Å²) in [5.41, 5.74) is 0.599. The fourth-order valence-corrected chi connectivity index (χ4v) is 3.55. The lowest BCUT2D eigenvalue weighted by atomic mass is 10.1. The van der Waals surface area contributed by atoms with Crippen molar-refractivity contribution in [3.8, 4) is 11.5 Å². The molecular formula is C20H15ClF2INO4. The van der Waals surface area contributed by atoms with Crippen molar-refractivity contribution in [2.24, 2.45) is 4.99 Å². The molecule has 2 aromatic rings. The second kappa shape index (κ2) is 9.08. The summed E-state index contributed by atoms with van der Waals surface area (Å²) in [5.74, 6) is -2.04. The Labute approximate surface area is 184 Å². The number of cyclic esters (lactones) is 1. The second-order valence-electron chi connectivity index (χ2n) is 5.96. The minimum Gasteiger partial charge on any atom is -0.493 e. The molecule has 5 nitrogen and oxygen atoms in total. The van der Waals surface area contributed by atoms with Crippen molar-refractivity contribution in [1.82, 2.24) is 0 Å². The van der Waals surface area contributed by atoms with E-state index >= 15 is 0 Å². The zero-order valence-electron chi connectivity index (χ0n) is 15.4. The first-order chi connectivity index (χ1) is 13.8. The molecule has 0 bridgehead atoms. The highest BCUT2D eigenvalue weighted by Gasteiger charge is 2.27. The Morgan fingerprint density at radius 1 is 1.24 bits per heavy atom. The van der Waals surface area contributed by atoms with Gasteiger partial charge in [-0.15, -0.1) is 0 Å². The molecule has 0 N–H and O–H groups in total. The number of benzene rings is 2. The second-order valence-corrected chi connectivity index (χ2v) is 7.53. The molecule has 0 fully saturated rings. The molecule has 29 heavy (non-hydrogen) atoms. The number of halogens is 4. The van der Waals surface area contributed by atoms with Gasteiger partial charge in [0.05, 0.1) is 27.9 Å². The normalized spacial score (nSPS) is 14.8. The average molecular weight is 534 g/mol. The quantitative estimate of drug-likeness (QED) is 0.217. The van der Waals surface area contributed by atoms with Gasteiger partial charge in [-0.3, -0.25) is 0 Å². The molecule has 0 unspecified atom stereocenters. The first-order valence-electron chi connectivity index (χ1n) is 8.51. The highest BCUT2D eigenvalue weighted by molar-refractivity contribution is 14.1. The van der Waals surface area contributed by atoms with Crippen LogP contribution in [-0.2, 0) is 9.53 Å². The van der Waals surface area contributed by atoms with Crippen LogP contribution in [0, 0.1) is 15.2 Å². The van der Waals surface area contributed by atoms with E-state index < -0.39 is 17.6 Å². The van der Waals surface area contributed by atoms with Crippen LogP contribution in [0.3, 0.4) is 0 Å². The van der Waals surface area contributed by atoms with Crippen LogP contribution in [-0.4, -0.2) is 25.6 Å². The van der Waals surface area contributed by atoms with Gasteiger partial charge in [-0.05, 0) is 64.9 Å². The summed E-state index contributed by atoms with van der Waals surface area (Å²) in [4.78, 5) is 16.3. The van der Waals surface area contributed by atoms with E-state index in [1.165, 1.54) is 13.2 Å². The maximum absolute atomic E-state index is 13.5. The molecule has 1 heterocycles. The highest BCUT2D eigenvalue weighted by atomic mass is 127. The number of carbonyl (C=O) groups is 1. The molecule has 1 aliphatic heterocycles. The summed E-state index contributed by atoms with van der Waals surface area (Å²) in [6.07, 6.45) is 2.35. The first-order valence-corrected chi connectivity index (χ1v) is 9.97. The van der Waals surface area contributed by atoms with E-state index in [4.69, 9.17) is 25.8 Å². The molecule has 152 valence electrons. The first kappa shape index (κ1) is 21.5. The van der Waals surface area contributed by atoms with E-state index in [0.717, 1.165) is 22.1 Å². The van der Waals surface area contributed by atoms with E-state index in [0.29, 0.717) is 23.7 Å². The Bertz CT molecular complexity index is 1040. The zero-order valence-corrected chi connectivity index (χ0v) is 18.3. The molecule has 0 aromatic heterocycles. The van der Waals surface area contributed by atoms with Crippen LogP contribution < -0.4 is 9.47 Å². The number of carbonyl (C=O) groups excluding carboxylic acids is 1. The standard InChI is InChI=1S/C20H15ClF2INO4/c1-3-4-28-18-15(24)5-10(7-17(18)27-2)6-16-20(26)29-19(25-16)11-8-13(22)14(23)9-12(11)21/h5-9H,3-4H2,1-2H3/b16-6-. The monoisotopic (exact) mass is 533 g/mol. The number of nitrogens with zero attached hydrogens (tertiary/aromatic N) is 1. The van der Waals surface area contributed by atoms with Gasteiger partial charge in [-0.1, -0.05) is 18.5 Å². The van der Waals surface area contributed by atoms with Gasteiger partial charge < -0.3 is 14.2 Å². The van der Waals surface area contributed by atoms with Crippen LogP contribution in [0.1, 0.15) is 24.5 Å². The Morgan fingerprint density at radius 3 is 2.66 bits per heavy atom. The number of hydrogen-bond acceptors (Lipinski definition) is 5. The molecule has 0 spiro atoms. The Kier molecular flexibility index (Phi) is 6.74. The number of aliphatic imine (C=N–C) groups is 1. The van der Waals surface area contributed by atoms with Gasteiger partial charge >= 0.3 is 5.97 Å². The average Bonchev–Trinajstić information content (AvgIpc) is 3.03. The van der Waals surface area contributed by atoms with E-state index in [1.807, 2.05) is 6.92 Å². The Morgan fingerprint density at radius 2 is 1.97 bits per heavy atom. The predicted octanol–water partition coefficient (Wildman–Crippen LogP) is 5.36. The molecule has 0 saturated carbocycles. The fraction of sp³-hybridized carbons (Fsp3) is 0.200. The van der Waals surface area contributed by atoms with Gasteiger partial charge in [-0.25, -0.2) is 18.6 Å². The topological polar surface area (TPSA) is 57.1 Å². The maximum atomic E-state index is 13.5. The van der Waals surface area contributed by atoms with Crippen LogP contribution >= 0.6 is 34.2 Å². The van der Waals surface area contributed by atoms with Crippen molar-refractivity contribution in [3.63, 3.8) is 0 Å². The molecule has 0 atom stereocenters. The molecule has 0 aliphatic carbocycles. The van der Waals surface area contributed by atoms with Gasteiger partial charge in [0.25, 0.3) is 0 Å². The van der Waals surface area contributed by atoms with Gasteiger partial charge in [-0.2, -0.15) is 0 Å². The molecule has 0 saturated heterocycles. The maximum Gasteiger partial charge on any atom is 0.363 e. The largest absolute Gasteiger partial charge is 0.493 e. The van der Waals surface area contributed by atoms with E-state index in [9.17, 15) is 13.6 Å². The van der Waals surface area contributed by atoms with Crippen molar-refractivity contribution >= 4 is 52.1 Å². The molecular weight excluding hydrogens is 519 g/mol. The molecule has 3 rings (SSSR count). The zero-order chi connectivity index (χ0) is 21.1. The lowest BCUT2D eigenvalue weighted by molar-refractivity contribution is -0.129. The van der Waals surface area contributed by atoms with E-state index in [-0.39, 0.29) is 22.2 Å². The van der Waals surface area contributed by atoms with Crippen molar-refractivity contribution < 1.29 is 27.8 Å². The minimum atomic E-state index is -1.12. The molecule has 2 aromatic carbocycles. The van der Waals surface area contributed by atoms with Crippen molar-refractivity contribution in [2.45, 2.75) is 13.3 Å². The lowest BCUT2D eigenvalue weighted by Crippen LogP contribution is -2.07. The van der Waals surface area contributed by atoms with Crippen LogP contribution in [0.2, 0.25) is 5.02 Å². The highest BCUT2D eigenvalue weighted by Crippen LogP contribution is 2.35. The summed E-state index contributed by atoms with van der Waals surface area (Å²) in [5, 5.41) is -0.120. The van der Waals surface area contributed by atoms with Crippen molar-refractivity contribution in [3.05, 3.63) is 61.3 Å². The number of esters is 1. The molecule has 0 amide bonds. The number of methoxy groups -OCH3 is 1. The van der Waals surface area contributed by atoms with Crippen LogP contribution in [0.25, 0.3) is 6.08 Å². The number of rotatable bonds is 6. The van der Waals surface area contributed by atoms with E-state index in [2.05, 4.69) is 27.6 Å². The SMILES string of the molecule is CCCOc1c(I)cc(/C=C2\N=C(c3cc(F)c(F)cc3Cl)OC2=O)cc1OC. The van der Waals surface area contributed by atoms with Gasteiger partial charge in [0, 0.05) is 0 Å². The van der Waals surface area contributed by atoms with Crippen molar-refractivity contribution in [2.75, 3.05) is 13.7 Å². The van der Waals surface area contributed by atoms with Crippen molar-refractivity contribution in [1.29, 1.82) is 0 Å². The number of hydrogen-bond donors (Lipinski definition) is 0. The number of ether oxygens (including phenoxy) is 3. The summed E-state index contributed by atoms with van der Waals surface area (Å²) in [6.45, 7) is 2.54.